The van der Waals surface area contributed by atoms with E-state index in [1.54, 1.807) is 12.5 Å². The Bertz CT molecular complexity index is 1290. The van der Waals surface area contributed by atoms with Gasteiger partial charge in [-0.15, -0.1) is 0 Å². The van der Waals surface area contributed by atoms with Crippen molar-refractivity contribution in [3.63, 3.8) is 0 Å². The van der Waals surface area contributed by atoms with E-state index < -0.39 is 10.8 Å². The minimum atomic E-state index is -0.509. The number of nitro benzene ring substituents is 1. The summed E-state index contributed by atoms with van der Waals surface area (Å²) in [6.45, 7) is 0.406. The summed E-state index contributed by atoms with van der Waals surface area (Å²) in [5.41, 5.74) is 3.97. The zero-order chi connectivity index (χ0) is 23.8. The van der Waals surface area contributed by atoms with E-state index in [4.69, 9.17) is 0 Å². The maximum absolute atomic E-state index is 12.8. The van der Waals surface area contributed by atoms with Crippen molar-refractivity contribution >= 4 is 23.2 Å². The van der Waals surface area contributed by atoms with E-state index in [1.807, 2.05) is 54.6 Å². The van der Waals surface area contributed by atoms with Crippen LogP contribution in [-0.4, -0.2) is 33.3 Å². The number of hydrogen-bond acceptors (Lipinski definition) is 5. The summed E-state index contributed by atoms with van der Waals surface area (Å²) in [6.07, 6.45) is 3.94. The number of aliphatic imine (C=N–C) groups is 1. The molecule has 4 aromatic rings. The fourth-order valence-electron chi connectivity index (χ4n) is 3.28. The number of anilines is 1. The number of amides is 1. The van der Waals surface area contributed by atoms with E-state index in [2.05, 4.69) is 25.6 Å². The molecule has 9 nitrogen and oxygen atoms in total. The number of guanidine groups is 1. The Kier molecular flexibility index (Phi) is 7.04. The van der Waals surface area contributed by atoms with Crippen LogP contribution in [0.5, 0.6) is 0 Å². The van der Waals surface area contributed by atoms with Crippen LogP contribution in [-0.2, 0) is 6.42 Å². The highest BCUT2D eigenvalue weighted by Gasteiger charge is 2.12. The predicted molar refractivity (Wildman–Crippen MR) is 131 cm³/mol. The second-order valence-electron chi connectivity index (χ2n) is 7.39. The van der Waals surface area contributed by atoms with Gasteiger partial charge in [-0.1, -0.05) is 42.5 Å². The van der Waals surface area contributed by atoms with Gasteiger partial charge in [0.2, 0.25) is 5.96 Å². The molecular weight excluding hydrogens is 432 g/mol. The number of H-pyrrole nitrogens is 1. The van der Waals surface area contributed by atoms with Crippen LogP contribution in [0.2, 0.25) is 0 Å². The first kappa shape index (κ1) is 22.4. The van der Waals surface area contributed by atoms with E-state index in [0.717, 1.165) is 22.5 Å². The number of nitro groups is 1. The zero-order valence-corrected chi connectivity index (χ0v) is 18.1. The summed E-state index contributed by atoms with van der Waals surface area (Å²) in [6, 6.07) is 23.1. The Hall–Kier alpha value is -4.79. The Balaban J connectivity index is 1.53. The van der Waals surface area contributed by atoms with Crippen molar-refractivity contribution in [3.05, 3.63) is 113 Å². The van der Waals surface area contributed by atoms with Gasteiger partial charge >= 0.3 is 0 Å². The van der Waals surface area contributed by atoms with Crippen LogP contribution < -0.4 is 10.6 Å². The molecule has 0 saturated heterocycles. The Morgan fingerprint density at radius 3 is 2.47 bits per heavy atom. The number of non-ortho nitro benzene ring substituents is 1. The molecule has 0 aliphatic rings. The van der Waals surface area contributed by atoms with E-state index in [1.165, 1.54) is 24.3 Å². The van der Waals surface area contributed by atoms with E-state index in [9.17, 15) is 14.9 Å². The average molecular weight is 454 g/mol. The lowest BCUT2D eigenvalue weighted by Gasteiger charge is -2.13. The molecule has 170 valence electrons. The van der Waals surface area contributed by atoms with Crippen molar-refractivity contribution in [2.45, 2.75) is 6.42 Å². The number of aromatic nitrogens is 2. The highest BCUT2D eigenvalue weighted by atomic mass is 16.6. The van der Waals surface area contributed by atoms with Crippen LogP contribution in [0.1, 0.15) is 16.1 Å². The molecular formula is C25H22N6O3. The molecule has 0 bridgehead atoms. The topological polar surface area (TPSA) is 125 Å². The van der Waals surface area contributed by atoms with Gasteiger partial charge in [0.1, 0.15) is 0 Å². The summed E-state index contributed by atoms with van der Waals surface area (Å²) in [5.74, 6) is -0.157. The molecule has 0 unspecified atom stereocenters. The van der Waals surface area contributed by atoms with Gasteiger partial charge in [-0.05, 0) is 35.4 Å². The molecule has 9 heteroatoms. The number of carbonyl (C=O) groups excluding carboxylic acids is 1. The van der Waals surface area contributed by atoms with Gasteiger partial charge in [0.25, 0.3) is 11.6 Å². The van der Waals surface area contributed by atoms with Crippen molar-refractivity contribution in [3.8, 4) is 11.1 Å². The first-order valence-electron chi connectivity index (χ1n) is 10.6. The third-order valence-corrected chi connectivity index (χ3v) is 5.01. The normalized spacial score (nSPS) is 11.1. The second kappa shape index (κ2) is 10.7. The van der Waals surface area contributed by atoms with Crippen molar-refractivity contribution in [2.24, 2.45) is 4.99 Å². The molecule has 0 aliphatic carbocycles. The quantitative estimate of drug-likeness (QED) is 0.165. The van der Waals surface area contributed by atoms with Crippen LogP contribution >= 0.6 is 0 Å². The molecule has 3 aromatic carbocycles. The van der Waals surface area contributed by atoms with Gasteiger partial charge in [-0.2, -0.15) is 0 Å². The lowest BCUT2D eigenvalue weighted by Crippen LogP contribution is -2.36. The van der Waals surface area contributed by atoms with Crippen molar-refractivity contribution in [1.29, 1.82) is 0 Å². The first-order valence-corrected chi connectivity index (χ1v) is 10.6. The Morgan fingerprint density at radius 1 is 1.00 bits per heavy atom. The summed E-state index contributed by atoms with van der Waals surface area (Å²) in [5, 5.41) is 16.8. The minimum Gasteiger partial charge on any atom is -0.348 e. The number of rotatable bonds is 7. The van der Waals surface area contributed by atoms with Gasteiger partial charge in [-0.25, -0.2) is 4.98 Å². The van der Waals surface area contributed by atoms with Crippen molar-refractivity contribution in [1.82, 2.24) is 15.3 Å². The molecule has 3 N–H and O–H groups in total. The number of nitrogens with one attached hydrogen (secondary N) is 3. The lowest BCUT2D eigenvalue weighted by molar-refractivity contribution is -0.384. The number of nitrogens with zero attached hydrogens (tertiary/aromatic N) is 3. The Morgan fingerprint density at radius 2 is 1.76 bits per heavy atom. The van der Waals surface area contributed by atoms with Crippen molar-refractivity contribution in [2.75, 3.05) is 11.9 Å². The molecule has 4 rings (SSSR count). The van der Waals surface area contributed by atoms with Gasteiger partial charge in [0, 0.05) is 48.2 Å². The molecule has 1 heterocycles. The molecule has 1 amide bonds. The van der Waals surface area contributed by atoms with Gasteiger partial charge < -0.3 is 10.3 Å². The van der Waals surface area contributed by atoms with Gasteiger partial charge in [0.15, 0.2) is 0 Å². The summed E-state index contributed by atoms with van der Waals surface area (Å²) in [7, 11) is 0. The molecule has 34 heavy (non-hydrogen) atoms. The van der Waals surface area contributed by atoms with Crippen LogP contribution in [0.15, 0.2) is 96.4 Å². The monoisotopic (exact) mass is 454 g/mol. The van der Waals surface area contributed by atoms with Crippen molar-refractivity contribution < 1.29 is 9.72 Å². The molecule has 0 aliphatic heterocycles. The highest BCUT2D eigenvalue weighted by Crippen LogP contribution is 2.22. The SMILES string of the molecule is O=C(NC(=NCCc1cnc[nH]1)Nc1cccc(-c2ccccc2)c1)c1ccc([N+](=O)[O-])cc1. The third-order valence-electron chi connectivity index (χ3n) is 5.01. The molecule has 0 atom stereocenters. The van der Waals surface area contributed by atoms with Gasteiger partial charge in [-0.3, -0.25) is 25.2 Å². The molecule has 0 saturated carbocycles. The second-order valence-corrected chi connectivity index (χ2v) is 7.39. The molecule has 0 spiro atoms. The molecule has 1 aromatic heterocycles. The van der Waals surface area contributed by atoms with Crippen LogP contribution in [0.3, 0.4) is 0 Å². The zero-order valence-electron chi connectivity index (χ0n) is 18.1. The molecule has 0 fully saturated rings. The third kappa shape index (κ3) is 5.92. The van der Waals surface area contributed by atoms with Crippen LogP contribution in [0.25, 0.3) is 11.1 Å². The lowest BCUT2D eigenvalue weighted by atomic mass is 10.1. The fraction of sp³-hybridized carbons (Fsp3) is 0.0800. The van der Waals surface area contributed by atoms with Crippen LogP contribution in [0, 0.1) is 10.1 Å². The van der Waals surface area contributed by atoms with E-state index in [-0.39, 0.29) is 17.2 Å². The number of aromatic amines is 1. The average Bonchev–Trinajstić information content (AvgIpc) is 3.38. The van der Waals surface area contributed by atoms with E-state index >= 15 is 0 Å². The first-order chi connectivity index (χ1) is 16.6. The largest absolute Gasteiger partial charge is 0.348 e. The fourth-order valence-corrected chi connectivity index (χ4v) is 3.28. The number of hydrogen-bond donors (Lipinski definition) is 3. The van der Waals surface area contributed by atoms with Gasteiger partial charge in [0.05, 0.1) is 11.3 Å². The summed E-state index contributed by atoms with van der Waals surface area (Å²) in [4.78, 5) is 34.7. The predicted octanol–water partition coefficient (Wildman–Crippen LogP) is 4.43. The van der Waals surface area contributed by atoms with E-state index in [0.29, 0.717) is 13.0 Å². The standard InChI is InChI=1S/C25H22N6O3/c32-24(19-9-11-23(12-10-19)31(33)34)30-25(27-14-13-22-16-26-17-28-22)29-21-8-4-7-20(15-21)18-5-2-1-3-6-18/h1-12,15-17H,13-14H2,(H,26,28)(H2,27,29,30,32). The van der Waals surface area contributed by atoms with Crippen LogP contribution in [0.4, 0.5) is 11.4 Å². The maximum Gasteiger partial charge on any atom is 0.269 e. The Labute approximate surface area is 195 Å². The number of imidazole rings is 1. The smallest absolute Gasteiger partial charge is 0.269 e. The maximum atomic E-state index is 12.8. The minimum absolute atomic E-state index is 0.0825. The number of carbonyl (C=O) groups is 1. The summed E-state index contributed by atoms with van der Waals surface area (Å²) >= 11 is 0. The summed E-state index contributed by atoms with van der Waals surface area (Å²) < 4.78 is 0. The molecule has 0 radical (unpaired) electrons. The highest BCUT2D eigenvalue weighted by molar-refractivity contribution is 6.10. The number of benzene rings is 3.